The number of rotatable bonds is 5. The van der Waals surface area contributed by atoms with Gasteiger partial charge < -0.3 is 14.6 Å². The van der Waals surface area contributed by atoms with Gasteiger partial charge in [-0.25, -0.2) is 0 Å². The third kappa shape index (κ3) is 24.7. The summed E-state index contributed by atoms with van der Waals surface area (Å²) in [5.74, 6) is -0.264. The summed E-state index contributed by atoms with van der Waals surface area (Å²) in [4.78, 5) is 9.93. The van der Waals surface area contributed by atoms with Crippen LogP contribution >= 0.6 is 0 Å². The van der Waals surface area contributed by atoms with Crippen LogP contribution in [0, 0.1) is 0 Å². The molecule has 4 nitrogen and oxygen atoms in total. The maximum absolute atomic E-state index is 9.93. The van der Waals surface area contributed by atoms with Crippen molar-refractivity contribution in [2.75, 3.05) is 26.4 Å². The largest absolute Gasteiger partial charge is 0.462 e. The van der Waals surface area contributed by atoms with E-state index in [1.54, 1.807) is 0 Å². The SMILES string of the molecule is C=CCOC(C)=O.CCOCCO. The predicted octanol–water partition coefficient (Wildman–Crippen LogP) is 0.751. The van der Waals surface area contributed by atoms with Gasteiger partial charge in [-0.1, -0.05) is 12.7 Å². The fraction of sp³-hybridized carbons (Fsp3) is 0.667. The summed E-state index contributed by atoms with van der Waals surface area (Å²) in [5.41, 5.74) is 0. The molecule has 0 bridgehead atoms. The Morgan fingerprint density at radius 3 is 2.38 bits per heavy atom. The summed E-state index contributed by atoms with van der Waals surface area (Å²) in [6.07, 6.45) is 1.53. The zero-order valence-corrected chi connectivity index (χ0v) is 8.28. The normalized spacial score (nSPS) is 8.23. The molecule has 0 aliphatic carbocycles. The maximum atomic E-state index is 9.93. The van der Waals surface area contributed by atoms with Gasteiger partial charge in [0, 0.05) is 13.5 Å². The fourth-order valence-corrected chi connectivity index (χ4v) is 0.385. The van der Waals surface area contributed by atoms with E-state index in [4.69, 9.17) is 9.84 Å². The van der Waals surface area contributed by atoms with Gasteiger partial charge in [0.1, 0.15) is 6.61 Å². The minimum Gasteiger partial charge on any atom is -0.462 e. The summed E-state index contributed by atoms with van der Waals surface area (Å²) in [7, 11) is 0. The van der Waals surface area contributed by atoms with Crippen molar-refractivity contribution in [1.82, 2.24) is 0 Å². The first-order valence-electron chi connectivity index (χ1n) is 4.11. The van der Waals surface area contributed by atoms with Crippen molar-refractivity contribution in [1.29, 1.82) is 0 Å². The van der Waals surface area contributed by atoms with Gasteiger partial charge in [-0.05, 0) is 6.92 Å². The van der Waals surface area contributed by atoms with Crippen LogP contribution in [0.3, 0.4) is 0 Å². The highest BCUT2D eigenvalue weighted by atomic mass is 16.5. The first-order chi connectivity index (χ1) is 6.18. The van der Waals surface area contributed by atoms with Crippen molar-refractivity contribution in [2.24, 2.45) is 0 Å². The molecule has 0 fully saturated rings. The van der Waals surface area contributed by atoms with Gasteiger partial charge in [0.15, 0.2) is 0 Å². The second kappa shape index (κ2) is 13.7. The quantitative estimate of drug-likeness (QED) is 0.395. The molecule has 0 aliphatic heterocycles. The van der Waals surface area contributed by atoms with E-state index < -0.39 is 0 Å². The molecule has 0 rings (SSSR count). The van der Waals surface area contributed by atoms with E-state index in [-0.39, 0.29) is 12.6 Å². The lowest BCUT2D eigenvalue weighted by Gasteiger charge is -1.91. The summed E-state index contributed by atoms with van der Waals surface area (Å²) in [5, 5.41) is 8.07. The van der Waals surface area contributed by atoms with Crippen LogP contribution in [0.5, 0.6) is 0 Å². The standard InChI is InChI=1S/C5H8O2.C4H10O2/c1-3-4-7-5(2)6;1-2-6-4-3-5/h3H,1,4H2,2H3;5H,2-4H2,1H3. The third-order valence-electron chi connectivity index (χ3n) is 0.844. The number of hydrogen-bond donors (Lipinski definition) is 1. The Hall–Kier alpha value is -0.870. The zero-order chi connectivity index (χ0) is 10.5. The molecule has 0 unspecified atom stereocenters. The molecule has 4 heteroatoms. The summed E-state index contributed by atoms with van der Waals surface area (Å²) >= 11 is 0. The molecule has 0 amide bonds. The van der Waals surface area contributed by atoms with Crippen LogP contribution in [0.25, 0.3) is 0 Å². The summed E-state index contributed by atoms with van der Waals surface area (Å²) < 4.78 is 9.17. The molecule has 78 valence electrons. The molecular formula is C9H18O4. The minimum absolute atomic E-state index is 0.133. The predicted molar refractivity (Wildman–Crippen MR) is 50.4 cm³/mol. The van der Waals surface area contributed by atoms with Gasteiger partial charge >= 0.3 is 5.97 Å². The van der Waals surface area contributed by atoms with Gasteiger partial charge in [-0.3, -0.25) is 4.79 Å². The Morgan fingerprint density at radius 1 is 1.62 bits per heavy atom. The number of esters is 1. The second-order valence-corrected chi connectivity index (χ2v) is 2.01. The van der Waals surface area contributed by atoms with Crippen molar-refractivity contribution in [3.63, 3.8) is 0 Å². The van der Waals surface area contributed by atoms with Gasteiger partial charge in [-0.15, -0.1) is 0 Å². The number of carbonyl (C=O) groups excluding carboxylic acids is 1. The number of aliphatic hydroxyl groups is 1. The van der Waals surface area contributed by atoms with Crippen LogP contribution in [0.4, 0.5) is 0 Å². The molecule has 0 spiro atoms. The molecule has 13 heavy (non-hydrogen) atoms. The Labute approximate surface area is 79.2 Å². The lowest BCUT2D eigenvalue weighted by molar-refractivity contribution is -0.139. The molecular weight excluding hydrogens is 172 g/mol. The van der Waals surface area contributed by atoms with E-state index in [0.717, 1.165) is 0 Å². The van der Waals surface area contributed by atoms with E-state index in [0.29, 0.717) is 19.8 Å². The molecule has 0 atom stereocenters. The van der Waals surface area contributed by atoms with Crippen molar-refractivity contribution in [3.8, 4) is 0 Å². The molecule has 0 aromatic heterocycles. The Morgan fingerprint density at radius 2 is 2.23 bits per heavy atom. The first kappa shape index (κ1) is 14.6. The van der Waals surface area contributed by atoms with E-state index in [1.165, 1.54) is 13.0 Å². The highest BCUT2D eigenvalue weighted by Crippen LogP contribution is 1.73. The minimum atomic E-state index is -0.264. The second-order valence-electron chi connectivity index (χ2n) is 2.01. The van der Waals surface area contributed by atoms with Gasteiger partial charge in [0.25, 0.3) is 0 Å². The van der Waals surface area contributed by atoms with Crippen LogP contribution in [0.1, 0.15) is 13.8 Å². The Balaban J connectivity index is 0. The van der Waals surface area contributed by atoms with Crippen molar-refractivity contribution >= 4 is 5.97 Å². The molecule has 0 radical (unpaired) electrons. The van der Waals surface area contributed by atoms with Gasteiger partial charge in [-0.2, -0.15) is 0 Å². The Kier molecular flexibility index (Phi) is 15.4. The molecule has 0 aliphatic rings. The van der Waals surface area contributed by atoms with Crippen LogP contribution in [-0.2, 0) is 14.3 Å². The molecule has 0 heterocycles. The number of hydrogen-bond acceptors (Lipinski definition) is 4. The molecule has 1 N–H and O–H groups in total. The van der Waals surface area contributed by atoms with E-state index in [1.807, 2.05) is 6.92 Å². The molecule has 0 aromatic rings. The van der Waals surface area contributed by atoms with Crippen molar-refractivity contribution < 1.29 is 19.4 Å². The van der Waals surface area contributed by atoms with E-state index >= 15 is 0 Å². The highest BCUT2D eigenvalue weighted by molar-refractivity contribution is 5.65. The maximum Gasteiger partial charge on any atom is 0.302 e. The van der Waals surface area contributed by atoms with Crippen LogP contribution < -0.4 is 0 Å². The molecule has 0 saturated heterocycles. The third-order valence-corrected chi connectivity index (χ3v) is 0.844. The number of ether oxygens (including phenoxy) is 2. The number of carbonyl (C=O) groups is 1. The average molecular weight is 190 g/mol. The zero-order valence-electron chi connectivity index (χ0n) is 8.28. The van der Waals surface area contributed by atoms with Crippen molar-refractivity contribution in [3.05, 3.63) is 12.7 Å². The van der Waals surface area contributed by atoms with Crippen molar-refractivity contribution in [2.45, 2.75) is 13.8 Å². The van der Waals surface area contributed by atoms with Crippen LogP contribution in [0.15, 0.2) is 12.7 Å². The van der Waals surface area contributed by atoms with Gasteiger partial charge in [0.2, 0.25) is 0 Å². The lowest BCUT2D eigenvalue weighted by Crippen LogP contribution is -1.96. The van der Waals surface area contributed by atoms with Gasteiger partial charge in [0.05, 0.1) is 13.2 Å². The topological polar surface area (TPSA) is 55.8 Å². The monoisotopic (exact) mass is 190 g/mol. The highest BCUT2D eigenvalue weighted by Gasteiger charge is 1.83. The first-order valence-corrected chi connectivity index (χ1v) is 4.11. The summed E-state index contributed by atoms with van der Waals surface area (Å²) in [6.45, 7) is 8.23. The molecule has 0 saturated carbocycles. The molecule has 0 aromatic carbocycles. The Bertz CT molecular complexity index is 119. The van der Waals surface area contributed by atoms with E-state index in [2.05, 4.69) is 11.3 Å². The number of aliphatic hydroxyl groups excluding tert-OH is 1. The fourth-order valence-electron chi connectivity index (χ4n) is 0.385. The smallest absolute Gasteiger partial charge is 0.302 e. The van der Waals surface area contributed by atoms with Crippen LogP contribution in [-0.4, -0.2) is 37.5 Å². The van der Waals surface area contributed by atoms with E-state index in [9.17, 15) is 4.79 Å². The van der Waals surface area contributed by atoms with Crippen LogP contribution in [0.2, 0.25) is 0 Å². The summed E-state index contributed by atoms with van der Waals surface area (Å²) in [6, 6.07) is 0. The average Bonchev–Trinajstić information content (AvgIpc) is 2.12. The lowest BCUT2D eigenvalue weighted by atomic mass is 10.7.